The van der Waals surface area contributed by atoms with Crippen LogP contribution in [0.2, 0.25) is 5.02 Å². The lowest BCUT2D eigenvalue weighted by atomic mass is 10.0. The Labute approximate surface area is 236 Å². The number of nitrogens with zero attached hydrogens (tertiary/aromatic N) is 3. The number of carbonyl (C=O) groups is 2. The summed E-state index contributed by atoms with van der Waals surface area (Å²) in [5, 5.41) is 16.1. The molecule has 1 aromatic heterocycles. The number of nitrogens with one attached hydrogen (secondary N) is 2. The molecule has 3 aromatic rings. The molecule has 1 saturated heterocycles. The van der Waals surface area contributed by atoms with E-state index in [4.69, 9.17) is 16.3 Å². The fraction of sp³-hybridized carbons (Fsp3) is 0.379. The van der Waals surface area contributed by atoms with E-state index in [1.54, 1.807) is 13.0 Å². The molecule has 1 fully saturated rings. The van der Waals surface area contributed by atoms with Gasteiger partial charge < -0.3 is 25.4 Å². The van der Waals surface area contributed by atoms with E-state index < -0.39 is 24.3 Å². The molecule has 210 valence electrons. The zero-order valence-corrected chi connectivity index (χ0v) is 23.0. The summed E-state index contributed by atoms with van der Waals surface area (Å²) in [5.41, 5.74) is 4.04. The molecule has 3 heterocycles. The summed E-state index contributed by atoms with van der Waals surface area (Å²) in [6.45, 7) is 4.07. The van der Waals surface area contributed by atoms with E-state index in [0.29, 0.717) is 29.8 Å². The number of alkyl halides is 1. The number of aromatic nitrogens is 2. The van der Waals surface area contributed by atoms with Crippen LogP contribution in [0.3, 0.4) is 0 Å². The van der Waals surface area contributed by atoms with Crippen molar-refractivity contribution in [3.05, 3.63) is 75.9 Å². The van der Waals surface area contributed by atoms with Gasteiger partial charge in [-0.05, 0) is 37.5 Å². The van der Waals surface area contributed by atoms with Crippen molar-refractivity contribution < 1.29 is 23.8 Å². The van der Waals surface area contributed by atoms with Crippen LogP contribution in [0.1, 0.15) is 46.4 Å². The lowest BCUT2D eigenvalue weighted by Gasteiger charge is -2.26. The van der Waals surface area contributed by atoms with Gasteiger partial charge in [0.05, 0.1) is 42.2 Å². The summed E-state index contributed by atoms with van der Waals surface area (Å²) in [5.74, 6) is -0.419. The molecule has 9 nitrogen and oxygen atoms in total. The smallest absolute Gasteiger partial charge is 0.255 e. The first-order valence-corrected chi connectivity index (χ1v) is 13.6. The molecule has 5 rings (SSSR count). The summed E-state index contributed by atoms with van der Waals surface area (Å²) in [6.07, 6.45) is 0.753. The van der Waals surface area contributed by atoms with Gasteiger partial charge in [0.2, 0.25) is 11.9 Å². The number of rotatable bonds is 8. The predicted molar refractivity (Wildman–Crippen MR) is 149 cm³/mol. The molecule has 2 aliphatic heterocycles. The van der Waals surface area contributed by atoms with E-state index >= 15 is 0 Å². The lowest BCUT2D eigenvalue weighted by molar-refractivity contribution is -0.126. The molecule has 2 amide bonds. The summed E-state index contributed by atoms with van der Waals surface area (Å²) in [7, 11) is 0. The second-order valence-corrected chi connectivity index (χ2v) is 10.6. The van der Waals surface area contributed by atoms with Crippen LogP contribution >= 0.6 is 11.6 Å². The number of fused-ring (bicyclic) bond motifs is 1. The van der Waals surface area contributed by atoms with Crippen LogP contribution in [0.5, 0.6) is 0 Å². The Morgan fingerprint density at radius 1 is 1.30 bits per heavy atom. The standard InChI is InChI=1S/C29H31ClFN5O4/c1-16-4-3-5-18(10-16)25(14-37)33-27(38)17(2)36-13-20-7-6-19(11-21(20)28(36)39)26-22(30)12-32-29(35-26)34-24-8-9-40-15-23(24)31/h3-7,10-12,17,23-25,37H,8-9,13-15H2,1-2H3,(H,33,38)(H,32,34,35)/t17-,23?,24?,25-/m1/s1. The molecule has 3 N–H and O–H groups in total. The number of halogens is 2. The molecule has 2 unspecified atom stereocenters. The average molecular weight is 568 g/mol. The Hall–Kier alpha value is -3.60. The number of aliphatic hydroxyl groups is 1. The maximum absolute atomic E-state index is 14.2. The molecule has 0 aliphatic carbocycles. The van der Waals surface area contributed by atoms with Crippen LogP contribution in [-0.2, 0) is 16.1 Å². The molecule has 4 atom stereocenters. The van der Waals surface area contributed by atoms with Gasteiger partial charge in [0.15, 0.2) is 0 Å². The highest BCUT2D eigenvalue weighted by atomic mass is 35.5. The number of carbonyl (C=O) groups excluding carboxylic acids is 2. The van der Waals surface area contributed by atoms with Crippen molar-refractivity contribution in [3.63, 3.8) is 0 Å². The van der Waals surface area contributed by atoms with E-state index in [9.17, 15) is 19.1 Å². The lowest BCUT2D eigenvalue weighted by Crippen LogP contribution is -2.46. The minimum atomic E-state index is -1.18. The summed E-state index contributed by atoms with van der Waals surface area (Å²) >= 11 is 6.42. The van der Waals surface area contributed by atoms with E-state index in [0.717, 1.165) is 16.7 Å². The van der Waals surface area contributed by atoms with E-state index in [1.807, 2.05) is 43.3 Å². The Kier molecular flexibility index (Phi) is 8.30. The van der Waals surface area contributed by atoms with Crippen molar-refractivity contribution in [1.29, 1.82) is 0 Å². The van der Waals surface area contributed by atoms with Crippen LogP contribution in [0.15, 0.2) is 48.7 Å². The summed E-state index contributed by atoms with van der Waals surface area (Å²) < 4.78 is 19.4. The third kappa shape index (κ3) is 5.79. The number of amides is 2. The van der Waals surface area contributed by atoms with Crippen LogP contribution in [-0.4, -0.2) is 69.9 Å². The summed E-state index contributed by atoms with van der Waals surface area (Å²) in [6, 6.07) is 11.1. The zero-order valence-electron chi connectivity index (χ0n) is 22.2. The van der Waals surface area contributed by atoms with E-state index in [2.05, 4.69) is 20.6 Å². The van der Waals surface area contributed by atoms with Crippen molar-refractivity contribution >= 4 is 29.4 Å². The Morgan fingerprint density at radius 3 is 2.88 bits per heavy atom. The number of ether oxygens (including phenoxy) is 1. The Bertz CT molecular complexity index is 1420. The topological polar surface area (TPSA) is 117 Å². The minimum Gasteiger partial charge on any atom is -0.394 e. The predicted octanol–water partition coefficient (Wildman–Crippen LogP) is 3.84. The molecular formula is C29H31ClFN5O4. The van der Waals surface area contributed by atoms with Gasteiger partial charge in [-0.1, -0.05) is 53.6 Å². The van der Waals surface area contributed by atoms with E-state index in [1.165, 1.54) is 11.1 Å². The Balaban J connectivity index is 1.31. The zero-order chi connectivity index (χ0) is 28.4. The number of aliphatic hydroxyl groups excluding tert-OH is 1. The van der Waals surface area contributed by atoms with Crippen LogP contribution in [0.25, 0.3) is 11.3 Å². The van der Waals surface area contributed by atoms with Crippen LogP contribution < -0.4 is 10.6 Å². The van der Waals surface area contributed by atoms with Crippen LogP contribution in [0.4, 0.5) is 10.3 Å². The number of benzene rings is 2. The van der Waals surface area contributed by atoms with Crippen molar-refractivity contribution in [3.8, 4) is 11.3 Å². The molecule has 40 heavy (non-hydrogen) atoms. The van der Waals surface area contributed by atoms with Crippen molar-refractivity contribution in [2.45, 2.75) is 51.1 Å². The Morgan fingerprint density at radius 2 is 2.12 bits per heavy atom. The van der Waals surface area contributed by atoms with Crippen molar-refractivity contribution in [1.82, 2.24) is 20.2 Å². The summed E-state index contributed by atoms with van der Waals surface area (Å²) in [4.78, 5) is 36.7. The van der Waals surface area contributed by atoms with Gasteiger partial charge >= 0.3 is 0 Å². The van der Waals surface area contributed by atoms with Gasteiger partial charge in [-0.25, -0.2) is 14.4 Å². The molecule has 11 heteroatoms. The second kappa shape index (κ2) is 11.9. The van der Waals surface area contributed by atoms with Gasteiger partial charge in [-0.2, -0.15) is 0 Å². The number of aryl methyl sites for hydroxylation is 1. The molecule has 0 bridgehead atoms. The molecule has 0 spiro atoms. The SMILES string of the molecule is Cc1cccc([C@@H](CO)NC(=O)[C@@H](C)N2Cc3ccc(-c4nc(NC5CCOCC5F)ncc4Cl)cc3C2=O)c1. The van der Waals surface area contributed by atoms with Gasteiger partial charge in [-0.15, -0.1) is 0 Å². The fourth-order valence-corrected chi connectivity index (χ4v) is 5.21. The normalized spacial score (nSPS) is 20.1. The number of anilines is 1. The highest BCUT2D eigenvalue weighted by Crippen LogP contribution is 2.32. The van der Waals surface area contributed by atoms with Gasteiger partial charge in [0, 0.05) is 24.3 Å². The maximum atomic E-state index is 14.2. The van der Waals surface area contributed by atoms with Crippen molar-refractivity contribution in [2.75, 3.05) is 25.1 Å². The highest BCUT2D eigenvalue weighted by molar-refractivity contribution is 6.33. The average Bonchev–Trinajstić information content (AvgIpc) is 3.28. The fourth-order valence-electron chi connectivity index (χ4n) is 5.01. The minimum absolute atomic E-state index is 0.0184. The quantitative estimate of drug-likeness (QED) is 0.379. The van der Waals surface area contributed by atoms with Crippen LogP contribution in [0, 0.1) is 6.92 Å². The first-order valence-electron chi connectivity index (χ1n) is 13.2. The third-order valence-electron chi connectivity index (χ3n) is 7.35. The number of hydrogen-bond acceptors (Lipinski definition) is 7. The molecule has 0 radical (unpaired) electrons. The molecular weight excluding hydrogens is 537 g/mol. The molecule has 0 saturated carbocycles. The van der Waals surface area contributed by atoms with Crippen molar-refractivity contribution in [2.24, 2.45) is 0 Å². The maximum Gasteiger partial charge on any atom is 0.255 e. The van der Waals surface area contributed by atoms with Gasteiger partial charge in [0.1, 0.15) is 12.2 Å². The highest BCUT2D eigenvalue weighted by Gasteiger charge is 2.35. The first kappa shape index (κ1) is 27.9. The van der Waals surface area contributed by atoms with Gasteiger partial charge in [-0.3, -0.25) is 9.59 Å². The monoisotopic (exact) mass is 567 g/mol. The second-order valence-electron chi connectivity index (χ2n) is 10.2. The third-order valence-corrected chi connectivity index (χ3v) is 7.63. The molecule has 2 aromatic carbocycles. The molecule has 2 aliphatic rings. The first-order chi connectivity index (χ1) is 19.2. The number of hydrogen-bond donors (Lipinski definition) is 3. The largest absolute Gasteiger partial charge is 0.394 e. The van der Waals surface area contributed by atoms with Gasteiger partial charge in [0.25, 0.3) is 5.91 Å². The van der Waals surface area contributed by atoms with E-state index in [-0.39, 0.29) is 42.5 Å².